The van der Waals surface area contributed by atoms with Gasteiger partial charge in [-0.2, -0.15) is 0 Å². The SMILES string of the molecule is CCN1C(=O)C(=O)N(CC(=O)Nc2ccc3c(c2)CCC3)C1=O. The number of imide groups is 2. The van der Waals surface area contributed by atoms with Crippen molar-refractivity contribution in [3.63, 3.8) is 0 Å². The first-order valence-corrected chi connectivity index (χ1v) is 7.60. The van der Waals surface area contributed by atoms with Crippen LogP contribution in [-0.4, -0.2) is 46.6 Å². The number of nitrogens with one attached hydrogen (secondary N) is 1. The number of anilines is 1. The van der Waals surface area contributed by atoms with Crippen molar-refractivity contribution in [2.75, 3.05) is 18.4 Å². The highest BCUT2D eigenvalue weighted by atomic mass is 16.2. The molecule has 1 fully saturated rings. The summed E-state index contributed by atoms with van der Waals surface area (Å²) in [4.78, 5) is 48.9. The van der Waals surface area contributed by atoms with E-state index in [1.807, 2.05) is 12.1 Å². The standard InChI is InChI=1S/C16H17N3O4/c1-2-18-14(21)15(22)19(16(18)23)9-13(20)17-12-7-6-10-4-3-5-11(10)8-12/h6-8H,2-5,9H2,1H3,(H,17,20). The first-order chi connectivity index (χ1) is 11.0. The molecule has 1 aliphatic carbocycles. The zero-order chi connectivity index (χ0) is 16.6. The number of carbonyl (C=O) groups is 4. The normalized spacial score (nSPS) is 17.0. The number of carbonyl (C=O) groups excluding carboxylic acids is 4. The summed E-state index contributed by atoms with van der Waals surface area (Å²) < 4.78 is 0. The summed E-state index contributed by atoms with van der Waals surface area (Å²) in [6, 6.07) is 4.95. The predicted octanol–water partition coefficient (Wildman–Crippen LogP) is 0.924. The van der Waals surface area contributed by atoms with Crippen molar-refractivity contribution < 1.29 is 19.2 Å². The zero-order valence-electron chi connectivity index (χ0n) is 12.8. The van der Waals surface area contributed by atoms with Crippen molar-refractivity contribution in [2.24, 2.45) is 0 Å². The summed E-state index contributed by atoms with van der Waals surface area (Å²) in [6.07, 6.45) is 3.15. The van der Waals surface area contributed by atoms with Gasteiger partial charge in [-0.3, -0.25) is 19.3 Å². The lowest BCUT2D eigenvalue weighted by Crippen LogP contribution is -2.38. The topological polar surface area (TPSA) is 86.8 Å². The molecule has 0 spiro atoms. The molecule has 120 valence electrons. The number of nitrogens with zero attached hydrogens (tertiary/aromatic N) is 2. The fourth-order valence-corrected chi connectivity index (χ4v) is 2.96. The molecule has 7 nitrogen and oxygen atoms in total. The van der Waals surface area contributed by atoms with Crippen LogP contribution in [0.3, 0.4) is 0 Å². The van der Waals surface area contributed by atoms with Crippen LogP contribution in [0.4, 0.5) is 10.5 Å². The number of likely N-dealkylation sites (N-methyl/N-ethyl adjacent to an activating group) is 1. The van der Waals surface area contributed by atoms with Gasteiger partial charge in [0.1, 0.15) is 6.54 Å². The van der Waals surface area contributed by atoms with Crippen LogP contribution in [0.2, 0.25) is 0 Å². The molecule has 0 unspecified atom stereocenters. The molecule has 1 N–H and O–H groups in total. The molecule has 3 rings (SSSR count). The molecule has 0 bridgehead atoms. The minimum Gasteiger partial charge on any atom is -0.325 e. The van der Waals surface area contributed by atoms with Crippen LogP contribution in [-0.2, 0) is 27.2 Å². The predicted molar refractivity (Wildman–Crippen MR) is 81.6 cm³/mol. The van der Waals surface area contributed by atoms with E-state index >= 15 is 0 Å². The van der Waals surface area contributed by atoms with E-state index in [0.717, 1.165) is 24.2 Å². The van der Waals surface area contributed by atoms with Crippen molar-refractivity contribution in [1.29, 1.82) is 0 Å². The van der Waals surface area contributed by atoms with Gasteiger partial charge in [0.2, 0.25) is 5.91 Å². The van der Waals surface area contributed by atoms with E-state index in [1.165, 1.54) is 11.1 Å². The molecular formula is C16H17N3O4. The molecule has 0 saturated carbocycles. The highest BCUT2D eigenvalue weighted by Gasteiger charge is 2.44. The summed E-state index contributed by atoms with van der Waals surface area (Å²) in [7, 11) is 0. The van der Waals surface area contributed by atoms with Crippen LogP contribution >= 0.6 is 0 Å². The van der Waals surface area contributed by atoms with Crippen LogP contribution in [0, 0.1) is 0 Å². The molecule has 5 amide bonds. The average molecular weight is 315 g/mol. The highest BCUT2D eigenvalue weighted by Crippen LogP contribution is 2.25. The van der Waals surface area contributed by atoms with Gasteiger partial charge in [-0.15, -0.1) is 0 Å². The Morgan fingerprint density at radius 3 is 2.48 bits per heavy atom. The first kappa shape index (κ1) is 15.2. The van der Waals surface area contributed by atoms with E-state index in [9.17, 15) is 19.2 Å². The Labute approximate surface area is 133 Å². The quantitative estimate of drug-likeness (QED) is 0.661. The smallest absolute Gasteiger partial charge is 0.325 e. The summed E-state index contributed by atoms with van der Waals surface area (Å²) in [5.41, 5.74) is 3.13. The molecule has 0 radical (unpaired) electrons. The fourth-order valence-electron chi connectivity index (χ4n) is 2.96. The van der Waals surface area contributed by atoms with Crippen molar-refractivity contribution >= 4 is 29.4 Å². The monoisotopic (exact) mass is 315 g/mol. The second kappa shape index (κ2) is 5.83. The number of fused-ring (bicyclic) bond motifs is 1. The van der Waals surface area contributed by atoms with Crippen LogP contribution in [0.1, 0.15) is 24.5 Å². The Morgan fingerprint density at radius 2 is 1.78 bits per heavy atom. The van der Waals surface area contributed by atoms with Gasteiger partial charge in [0.25, 0.3) is 0 Å². The maximum atomic E-state index is 12.1. The largest absolute Gasteiger partial charge is 0.334 e. The van der Waals surface area contributed by atoms with Crippen LogP contribution in [0.5, 0.6) is 0 Å². The van der Waals surface area contributed by atoms with Crippen LogP contribution < -0.4 is 5.32 Å². The average Bonchev–Trinajstić information content (AvgIpc) is 3.06. The number of hydrogen-bond acceptors (Lipinski definition) is 4. The molecule has 23 heavy (non-hydrogen) atoms. The number of benzene rings is 1. The van der Waals surface area contributed by atoms with Crippen molar-refractivity contribution in [3.05, 3.63) is 29.3 Å². The van der Waals surface area contributed by atoms with Gasteiger partial charge in [-0.25, -0.2) is 9.69 Å². The van der Waals surface area contributed by atoms with Gasteiger partial charge in [0.05, 0.1) is 0 Å². The Balaban J connectivity index is 1.67. The van der Waals surface area contributed by atoms with Crippen molar-refractivity contribution in [2.45, 2.75) is 26.2 Å². The van der Waals surface area contributed by atoms with Gasteiger partial charge in [0.15, 0.2) is 0 Å². The summed E-state index contributed by atoms with van der Waals surface area (Å²) in [5, 5.41) is 2.67. The lowest BCUT2D eigenvalue weighted by atomic mass is 10.1. The molecule has 1 saturated heterocycles. The molecule has 0 atom stereocenters. The lowest BCUT2D eigenvalue weighted by Gasteiger charge is -2.14. The van der Waals surface area contributed by atoms with Gasteiger partial charge in [-0.1, -0.05) is 6.07 Å². The minimum absolute atomic E-state index is 0.104. The molecule has 1 aliphatic heterocycles. The van der Waals surface area contributed by atoms with E-state index in [4.69, 9.17) is 0 Å². The molecule has 1 aromatic carbocycles. The molecule has 1 aromatic rings. The third-order valence-electron chi connectivity index (χ3n) is 4.14. The second-order valence-corrected chi connectivity index (χ2v) is 5.61. The summed E-state index contributed by atoms with van der Waals surface area (Å²) in [5.74, 6) is -2.35. The minimum atomic E-state index is -0.957. The number of aryl methyl sites for hydroxylation is 2. The highest BCUT2D eigenvalue weighted by molar-refractivity contribution is 6.45. The number of urea groups is 1. The zero-order valence-corrected chi connectivity index (χ0v) is 12.8. The fraction of sp³-hybridized carbons (Fsp3) is 0.375. The Morgan fingerprint density at radius 1 is 1.09 bits per heavy atom. The number of rotatable bonds is 4. The number of amides is 5. The van der Waals surface area contributed by atoms with E-state index in [-0.39, 0.29) is 6.54 Å². The Hall–Kier alpha value is -2.70. The lowest BCUT2D eigenvalue weighted by molar-refractivity contribution is -0.143. The van der Waals surface area contributed by atoms with Gasteiger partial charge >= 0.3 is 17.8 Å². The molecule has 2 aliphatic rings. The van der Waals surface area contributed by atoms with Crippen LogP contribution in [0.15, 0.2) is 18.2 Å². The third kappa shape index (κ3) is 2.69. The summed E-state index contributed by atoms with van der Waals surface area (Å²) >= 11 is 0. The summed E-state index contributed by atoms with van der Waals surface area (Å²) in [6.45, 7) is 1.24. The van der Waals surface area contributed by atoms with E-state index < -0.39 is 30.3 Å². The van der Waals surface area contributed by atoms with E-state index in [2.05, 4.69) is 5.32 Å². The Bertz CT molecular complexity index is 713. The molecular weight excluding hydrogens is 298 g/mol. The molecule has 7 heteroatoms. The molecule has 0 aromatic heterocycles. The third-order valence-corrected chi connectivity index (χ3v) is 4.14. The number of hydrogen-bond donors (Lipinski definition) is 1. The first-order valence-electron chi connectivity index (χ1n) is 7.60. The maximum absolute atomic E-state index is 12.1. The van der Waals surface area contributed by atoms with Gasteiger partial charge < -0.3 is 5.32 Å². The van der Waals surface area contributed by atoms with Crippen molar-refractivity contribution in [3.8, 4) is 0 Å². The second-order valence-electron chi connectivity index (χ2n) is 5.61. The van der Waals surface area contributed by atoms with Crippen molar-refractivity contribution in [1.82, 2.24) is 9.80 Å². The molecule has 1 heterocycles. The Kier molecular flexibility index (Phi) is 3.85. The van der Waals surface area contributed by atoms with Gasteiger partial charge in [-0.05, 0) is 49.4 Å². The van der Waals surface area contributed by atoms with Crippen LogP contribution in [0.25, 0.3) is 0 Å². The maximum Gasteiger partial charge on any atom is 0.334 e. The van der Waals surface area contributed by atoms with E-state index in [1.54, 1.807) is 13.0 Å². The van der Waals surface area contributed by atoms with E-state index in [0.29, 0.717) is 10.6 Å². The van der Waals surface area contributed by atoms with Gasteiger partial charge in [0, 0.05) is 12.2 Å².